The Bertz CT molecular complexity index is 1790. The number of rotatable bonds is 7. The molecule has 11 nitrogen and oxygen atoms in total. The number of nitrogens with zero attached hydrogens (tertiary/aromatic N) is 4. The minimum atomic E-state index is -0.387. The number of fused-ring (bicyclic) bond motifs is 1. The summed E-state index contributed by atoms with van der Waals surface area (Å²) >= 11 is 0. The van der Waals surface area contributed by atoms with E-state index in [1.165, 1.54) is 6.92 Å². The lowest BCUT2D eigenvalue weighted by Gasteiger charge is -2.29. The molecule has 0 saturated carbocycles. The van der Waals surface area contributed by atoms with Crippen molar-refractivity contribution in [1.29, 1.82) is 0 Å². The summed E-state index contributed by atoms with van der Waals surface area (Å²) in [6.07, 6.45) is 1.79. The van der Waals surface area contributed by atoms with Gasteiger partial charge in [0, 0.05) is 65.9 Å². The molecule has 0 unspecified atom stereocenters. The second kappa shape index (κ2) is 12.8. The predicted molar refractivity (Wildman–Crippen MR) is 171 cm³/mol. The topological polar surface area (TPSA) is 131 Å². The quantitative estimate of drug-likeness (QED) is 0.217. The molecule has 3 amide bonds. The standard InChI is InChI=1S/C33H31N7O4/c1-21(41)35-25-9-11-27(12-10-25)37-33(42)36-26-7-3-22(4-8-26)31-38-29-19-23(24-6-14-30(43-2)34-20-24)5-13-28(29)32(39-31)40-15-17-44-18-16-40/h3-14,19-20H,15-18H2,1-2H3,(H,35,41)(H2,36,37,42). The molecule has 3 heterocycles. The van der Waals surface area contributed by atoms with E-state index in [4.69, 9.17) is 19.4 Å². The lowest BCUT2D eigenvalue weighted by molar-refractivity contribution is -0.114. The zero-order chi connectivity index (χ0) is 30.5. The summed E-state index contributed by atoms with van der Waals surface area (Å²) in [6, 6.07) is 23.9. The number of amides is 3. The molecule has 6 rings (SSSR count). The van der Waals surface area contributed by atoms with Crippen LogP contribution in [0.2, 0.25) is 0 Å². The van der Waals surface area contributed by atoms with Crippen molar-refractivity contribution in [2.24, 2.45) is 0 Å². The van der Waals surface area contributed by atoms with Gasteiger partial charge >= 0.3 is 6.03 Å². The monoisotopic (exact) mass is 589 g/mol. The lowest BCUT2D eigenvalue weighted by atomic mass is 10.0. The van der Waals surface area contributed by atoms with Gasteiger partial charge in [-0.1, -0.05) is 6.07 Å². The van der Waals surface area contributed by atoms with Gasteiger partial charge in [0.25, 0.3) is 0 Å². The molecule has 11 heteroatoms. The molecular formula is C33H31N7O4. The number of benzene rings is 3. The number of morpholine rings is 1. The first-order valence-corrected chi connectivity index (χ1v) is 14.2. The number of ether oxygens (including phenoxy) is 2. The number of urea groups is 1. The van der Waals surface area contributed by atoms with Crippen molar-refractivity contribution >= 4 is 45.7 Å². The van der Waals surface area contributed by atoms with Crippen LogP contribution in [0.5, 0.6) is 5.88 Å². The Morgan fingerprint density at radius 2 is 1.39 bits per heavy atom. The van der Waals surface area contributed by atoms with Crippen LogP contribution in [0.3, 0.4) is 0 Å². The highest BCUT2D eigenvalue weighted by Crippen LogP contribution is 2.32. The summed E-state index contributed by atoms with van der Waals surface area (Å²) in [7, 11) is 1.60. The Morgan fingerprint density at radius 3 is 2.00 bits per heavy atom. The average molecular weight is 590 g/mol. The first-order valence-electron chi connectivity index (χ1n) is 14.2. The van der Waals surface area contributed by atoms with Gasteiger partial charge in [-0.15, -0.1) is 0 Å². The highest BCUT2D eigenvalue weighted by Gasteiger charge is 2.19. The van der Waals surface area contributed by atoms with Crippen molar-refractivity contribution in [1.82, 2.24) is 15.0 Å². The molecule has 0 bridgehead atoms. The fourth-order valence-corrected chi connectivity index (χ4v) is 4.95. The van der Waals surface area contributed by atoms with Gasteiger partial charge in [-0.2, -0.15) is 0 Å². The highest BCUT2D eigenvalue weighted by molar-refractivity contribution is 6.00. The molecule has 1 saturated heterocycles. The normalized spacial score (nSPS) is 12.9. The maximum Gasteiger partial charge on any atom is 0.323 e. The Balaban J connectivity index is 1.24. The summed E-state index contributed by atoms with van der Waals surface area (Å²) in [5, 5.41) is 9.29. The number of hydrogen-bond acceptors (Lipinski definition) is 8. The maximum absolute atomic E-state index is 12.6. The molecule has 0 spiro atoms. The maximum atomic E-state index is 12.6. The second-order valence-electron chi connectivity index (χ2n) is 10.2. The van der Waals surface area contributed by atoms with E-state index in [9.17, 15) is 9.59 Å². The number of carbonyl (C=O) groups excluding carboxylic acids is 2. The Kier molecular flexibility index (Phi) is 8.28. The minimum absolute atomic E-state index is 0.158. The van der Waals surface area contributed by atoms with Crippen LogP contribution in [0, 0.1) is 0 Å². The fraction of sp³-hybridized carbons (Fsp3) is 0.182. The van der Waals surface area contributed by atoms with Crippen molar-refractivity contribution in [2.75, 3.05) is 54.3 Å². The number of methoxy groups -OCH3 is 1. The molecule has 5 aromatic rings. The van der Waals surface area contributed by atoms with E-state index in [0.717, 1.165) is 46.5 Å². The summed E-state index contributed by atoms with van der Waals surface area (Å²) < 4.78 is 10.8. The van der Waals surface area contributed by atoms with Crippen molar-refractivity contribution in [2.45, 2.75) is 6.92 Å². The largest absolute Gasteiger partial charge is 0.481 e. The first-order chi connectivity index (χ1) is 21.4. The molecule has 2 aromatic heterocycles. The molecule has 1 aliphatic heterocycles. The number of hydrogen-bond donors (Lipinski definition) is 3. The van der Waals surface area contributed by atoms with Gasteiger partial charge in [0.1, 0.15) is 5.82 Å². The smallest absolute Gasteiger partial charge is 0.323 e. The number of anilines is 4. The van der Waals surface area contributed by atoms with Gasteiger partial charge in [0.15, 0.2) is 5.82 Å². The van der Waals surface area contributed by atoms with Gasteiger partial charge in [-0.25, -0.2) is 19.7 Å². The van der Waals surface area contributed by atoms with Crippen LogP contribution in [0.15, 0.2) is 85.1 Å². The Hall–Kier alpha value is -5.55. The van der Waals surface area contributed by atoms with Gasteiger partial charge < -0.3 is 30.3 Å². The molecule has 3 aromatic carbocycles. The molecule has 44 heavy (non-hydrogen) atoms. The van der Waals surface area contributed by atoms with Crippen molar-refractivity contribution < 1.29 is 19.1 Å². The third-order valence-electron chi connectivity index (χ3n) is 7.13. The molecule has 1 aliphatic rings. The van der Waals surface area contributed by atoms with Crippen LogP contribution in [0.25, 0.3) is 33.4 Å². The van der Waals surface area contributed by atoms with Crippen molar-refractivity contribution in [3.63, 3.8) is 0 Å². The van der Waals surface area contributed by atoms with Crippen LogP contribution in [-0.2, 0) is 9.53 Å². The van der Waals surface area contributed by atoms with Gasteiger partial charge in [-0.05, 0) is 72.3 Å². The molecule has 3 N–H and O–H groups in total. The minimum Gasteiger partial charge on any atom is -0.481 e. The van der Waals surface area contributed by atoms with Crippen LogP contribution >= 0.6 is 0 Å². The van der Waals surface area contributed by atoms with E-state index in [-0.39, 0.29) is 11.9 Å². The van der Waals surface area contributed by atoms with E-state index in [0.29, 0.717) is 42.0 Å². The molecular weight excluding hydrogens is 558 g/mol. The SMILES string of the molecule is COc1ccc(-c2ccc3c(N4CCOCC4)nc(-c4ccc(NC(=O)Nc5ccc(NC(C)=O)cc5)cc4)nc3c2)cn1. The van der Waals surface area contributed by atoms with Gasteiger partial charge in [0.2, 0.25) is 11.8 Å². The number of pyridine rings is 1. The summed E-state index contributed by atoms with van der Waals surface area (Å²) in [6.45, 7) is 4.20. The van der Waals surface area contributed by atoms with Gasteiger partial charge in [0.05, 0.1) is 25.8 Å². The fourth-order valence-electron chi connectivity index (χ4n) is 4.95. The van der Waals surface area contributed by atoms with E-state index in [1.807, 2.05) is 36.4 Å². The highest BCUT2D eigenvalue weighted by atomic mass is 16.5. The third-order valence-corrected chi connectivity index (χ3v) is 7.13. The number of aromatic nitrogens is 3. The van der Waals surface area contributed by atoms with Crippen LogP contribution in [0.4, 0.5) is 27.7 Å². The van der Waals surface area contributed by atoms with E-state index in [1.54, 1.807) is 37.6 Å². The molecule has 0 aliphatic carbocycles. The lowest BCUT2D eigenvalue weighted by Crippen LogP contribution is -2.37. The van der Waals surface area contributed by atoms with Crippen LogP contribution in [-0.4, -0.2) is 60.3 Å². The molecule has 0 radical (unpaired) electrons. The zero-order valence-corrected chi connectivity index (χ0v) is 24.3. The van der Waals surface area contributed by atoms with Gasteiger partial charge in [-0.3, -0.25) is 4.79 Å². The second-order valence-corrected chi connectivity index (χ2v) is 10.2. The van der Waals surface area contributed by atoms with Crippen molar-refractivity contribution in [3.8, 4) is 28.4 Å². The molecule has 0 atom stereocenters. The molecule has 222 valence electrons. The van der Waals surface area contributed by atoms with E-state index >= 15 is 0 Å². The number of nitrogens with one attached hydrogen (secondary N) is 3. The Morgan fingerprint density at radius 1 is 0.773 bits per heavy atom. The summed E-state index contributed by atoms with van der Waals surface area (Å²) in [5.74, 6) is 1.84. The zero-order valence-electron chi connectivity index (χ0n) is 24.3. The Labute approximate surface area is 254 Å². The van der Waals surface area contributed by atoms with Crippen LogP contribution in [0.1, 0.15) is 6.92 Å². The summed E-state index contributed by atoms with van der Waals surface area (Å²) in [4.78, 5) is 40.3. The van der Waals surface area contributed by atoms with Crippen molar-refractivity contribution in [3.05, 3.63) is 85.1 Å². The predicted octanol–water partition coefficient (Wildman–Crippen LogP) is 5.81. The average Bonchev–Trinajstić information content (AvgIpc) is 3.05. The first kappa shape index (κ1) is 28.6. The van der Waals surface area contributed by atoms with Crippen LogP contribution < -0.4 is 25.6 Å². The number of carbonyl (C=O) groups is 2. The molecule has 1 fully saturated rings. The van der Waals surface area contributed by atoms with E-state index < -0.39 is 0 Å². The third kappa shape index (κ3) is 6.58. The summed E-state index contributed by atoms with van der Waals surface area (Å²) in [5.41, 5.74) is 5.44. The van der Waals surface area contributed by atoms with E-state index in [2.05, 4.69) is 44.0 Å².